The number of para-hydroxylation sites is 2. The van der Waals surface area contributed by atoms with E-state index in [2.05, 4.69) is 37.4 Å². The molecule has 2 aromatic heterocycles. The van der Waals surface area contributed by atoms with Gasteiger partial charge in [0.2, 0.25) is 5.91 Å². The highest BCUT2D eigenvalue weighted by molar-refractivity contribution is 7.99. The molecule has 0 fully saturated rings. The normalized spacial score (nSPS) is 13.3. The highest BCUT2D eigenvalue weighted by atomic mass is 32.2. The fourth-order valence-electron chi connectivity index (χ4n) is 4.17. The Labute approximate surface area is 185 Å². The van der Waals surface area contributed by atoms with E-state index in [-0.39, 0.29) is 5.91 Å². The van der Waals surface area contributed by atoms with Gasteiger partial charge in [-0.2, -0.15) is 0 Å². The second-order valence-electron chi connectivity index (χ2n) is 7.72. The minimum absolute atomic E-state index is 0.0364. The summed E-state index contributed by atoms with van der Waals surface area (Å²) in [5.74, 6) is 1.30. The molecule has 158 valence electrons. The molecule has 6 nitrogen and oxygen atoms in total. The van der Waals surface area contributed by atoms with Crippen molar-refractivity contribution in [3.8, 4) is 11.4 Å². The Morgan fingerprint density at radius 3 is 2.81 bits per heavy atom. The van der Waals surface area contributed by atoms with Crippen LogP contribution >= 0.6 is 11.8 Å². The summed E-state index contributed by atoms with van der Waals surface area (Å²) in [5, 5.41) is 3.87. The first-order chi connectivity index (χ1) is 15.2. The van der Waals surface area contributed by atoms with Gasteiger partial charge in [-0.15, -0.1) is 0 Å². The summed E-state index contributed by atoms with van der Waals surface area (Å²) in [5.41, 5.74) is 5.25. The highest BCUT2D eigenvalue weighted by Gasteiger charge is 2.15. The molecule has 4 aromatic rings. The molecule has 0 saturated heterocycles. The topological polar surface area (TPSA) is 64.7 Å². The lowest BCUT2D eigenvalue weighted by Gasteiger charge is -2.16. The molecule has 0 aliphatic carbocycles. The van der Waals surface area contributed by atoms with Crippen molar-refractivity contribution in [3.05, 3.63) is 60.4 Å². The van der Waals surface area contributed by atoms with Crippen molar-refractivity contribution in [2.24, 2.45) is 0 Å². The lowest BCUT2D eigenvalue weighted by Crippen LogP contribution is -2.14. The average molecular weight is 432 g/mol. The molecule has 5 rings (SSSR count). The van der Waals surface area contributed by atoms with Crippen LogP contribution in [0.5, 0.6) is 0 Å². The maximum Gasteiger partial charge on any atom is 0.234 e. The predicted molar refractivity (Wildman–Crippen MR) is 125 cm³/mol. The SMILES string of the molecule is CCn1c(SCC(=O)Nc2ccc(-c3ncc4n3CCCC4)cc2)nc2ccccc21. The summed E-state index contributed by atoms with van der Waals surface area (Å²) in [6.45, 7) is 3.95. The summed E-state index contributed by atoms with van der Waals surface area (Å²) >= 11 is 1.47. The number of aryl methyl sites for hydroxylation is 2. The third-order valence-electron chi connectivity index (χ3n) is 5.70. The van der Waals surface area contributed by atoms with Crippen LogP contribution in [0.2, 0.25) is 0 Å². The number of imidazole rings is 2. The molecule has 1 aliphatic rings. The number of carbonyl (C=O) groups is 1. The van der Waals surface area contributed by atoms with Crippen LogP contribution in [0.1, 0.15) is 25.5 Å². The van der Waals surface area contributed by atoms with Gasteiger partial charge in [0.25, 0.3) is 0 Å². The van der Waals surface area contributed by atoms with Crippen molar-refractivity contribution in [1.29, 1.82) is 0 Å². The molecule has 1 aliphatic heterocycles. The Bertz CT molecular complexity index is 1220. The second-order valence-corrected chi connectivity index (χ2v) is 8.67. The summed E-state index contributed by atoms with van der Waals surface area (Å²) in [7, 11) is 0. The van der Waals surface area contributed by atoms with Gasteiger partial charge in [-0.25, -0.2) is 9.97 Å². The summed E-state index contributed by atoms with van der Waals surface area (Å²) in [6.07, 6.45) is 5.53. The van der Waals surface area contributed by atoms with E-state index in [0.717, 1.165) is 52.8 Å². The minimum Gasteiger partial charge on any atom is -0.328 e. The Hall–Kier alpha value is -3.06. The van der Waals surface area contributed by atoms with E-state index in [1.807, 2.05) is 48.7 Å². The lowest BCUT2D eigenvalue weighted by atomic mass is 10.1. The zero-order valence-corrected chi connectivity index (χ0v) is 18.4. The molecule has 0 atom stereocenters. The fraction of sp³-hybridized carbons (Fsp3) is 0.292. The monoisotopic (exact) mass is 431 g/mol. The molecular weight excluding hydrogens is 406 g/mol. The number of thioether (sulfide) groups is 1. The van der Waals surface area contributed by atoms with Gasteiger partial charge < -0.3 is 14.5 Å². The van der Waals surface area contributed by atoms with Crippen molar-refractivity contribution in [1.82, 2.24) is 19.1 Å². The van der Waals surface area contributed by atoms with E-state index in [1.54, 1.807) is 0 Å². The molecule has 1 N–H and O–H groups in total. The Morgan fingerprint density at radius 1 is 1.13 bits per heavy atom. The number of hydrogen-bond donors (Lipinski definition) is 1. The molecule has 7 heteroatoms. The summed E-state index contributed by atoms with van der Waals surface area (Å²) in [4.78, 5) is 21.8. The van der Waals surface area contributed by atoms with Gasteiger partial charge in [0, 0.05) is 36.2 Å². The van der Waals surface area contributed by atoms with Crippen LogP contribution in [-0.2, 0) is 24.3 Å². The smallest absolute Gasteiger partial charge is 0.234 e. The zero-order valence-electron chi connectivity index (χ0n) is 17.5. The molecule has 0 unspecified atom stereocenters. The van der Waals surface area contributed by atoms with Gasteiger partial charge in [-0.05, 0) is 62.6 Å². The van der Waals surface area contributed by atoms with Crippen molar-refractivity contribution >= 4 is 34.4 Å². The first-order valence-corrected chi connectivity index (χ1v) is 11.7. The Balaban J connectivity index is 1.24. The minimum atomic E-state index is -0.0364. The van der Waals surface area contributed by atoms with Gasteiger partial charge in [0.05, 0.1) is 16.8 Å². The zero-order chi connectivity index (χ0) is 21.2. The van der Waals surface area contributed by atoms with Gasteiger partial charge in [0.1, 0.15) is 5.82 Å². The van der Waals surface area contributed by atoms with E-state index >= 15 is 0 Å². The third-order valence-corrected chi connectivity index (χ3v) is 6.67. The maximum absolute atomic E-state index is 12.5. The Morgan fingerprint density at radius 2 is 1.97 bits per heavy atom. The molecule has 3 heterocycles. The number of amides is 1. The van der Waals surface area contributed by atoms with Crippen LogP contribution < -0.4 is 5.32 Å². The molecule has 0 radical (unpaired) electrons. The van der Waals surface area contributed by atoms with Gasteiger partial charge in [0.15, 0.2) is 5.16 Å². The van der Waals surface area contributed by atoms with Crippen LogP contribution in [0.15, 0.2) is 59.9 Å². The van der Waals surface area contributed by atoms with E-state index in [4.69, 9.17) is 0 Å². The number of fused-ring (bicyclic) bond motifs is 2. The van der Waals surface area contributed by atoms with E-state index in [1.165, 1.54) is 30.3 Å². The molecule has 31 heavy (non-hydrogen) atoms. The number of carbonyl (C=O) groups excluding carboxylic acids is 1. The second kappa shape index (κ2) is 8.59. The van der Waals surface area contributed by atoms with E-state index in [9.17, 15) is 4.79 Å². The Kier molecular flexibility index (Phi) is 5.51. The molecule has 0 spiro atoms. The predicted octanol–water partition coefficient (Wildman–Crippen LogP) is 4.99. The number of nitrogens with zero attached hydrogens (tertiary/aromatic N) is 4. The van der Waals surface area contributed by atoms with Crippen LogP contribution in [-0.4, -0.2) is 30.8 Å². The van der Waals surface area contributed by atoms with Gasteiger partial charge in [-0.3, -0.25) is 4.79 Å². The third kappa shape index (κ3) is 3.97. The average Bonchev–Trinajstić information content (AvgIpc) is 3.39. The lowest BCUT2D eigenvalue weighted by molar-refractivity contribution is -0.113. The standard InChI is InChI=1S/C24H25N5OS/c1-2-28-21-9-4-3-8-20(21)27-24(28)31-16-22(30)26-18-12-10-17(11-13-18)23-25-15-19-7-5-6-14-29(19)23/h3-4,8-13,15H,2,5-7,14,16H2,1H3,(H,26,30). The number of nitrogens with one attached hydrogen (secondary N) is 1. The van der Waals surface area contributed by atoms with Crippen LogP contribution in [0.25, 0.3) is 22.4 Å². The largest absolute Gasteiger partial charge is 0.328 e. The maximum atomic E-state index is 12.5. The molecule has 0 saturated carbocycles. The first-order valence-electron chi connectivity index (χ1n) is 10.8. The van der Waals surface area contributed by atoms with Crippen molar-refractivity contribution in [2.75, 3.05) is 11.1 Å². The van der Waals surface area contributed by atoms with Gasteiger partial charge >= 0.3 is 0 Å². The molecular formula is C24H25N5OS. The number of benzene rings is 2. The molecule has 2 aromatic carbocycles. The van der Waals surface area contributed by atoms with E-state index < -0.39 is 0 Å². The number of anilines is 1. The molecule has 1 amide bonds. The molecule has 0 bridgehead atoms. The number of aromatic nitrogens is 4. The van der Waals surface area contributed by atoms with Crippen molar-refractivity contribution in [2.45, 2.75) is 44.4 Å². The quantitative estimate of drug-likeness (QED) is 0.437. The van der Waals surface area contributed by atoms with Crippen molar-refractivity contribution < 1.29 is 4.79 Å². The van der Waals surface area contributed by atoms with E-state index in [0.29, 0.717) is 5.75 Å². The summed E-state index contributed by atoms with van der Waals surface area (Å²) in [6, 6.07) is 16.0. The number of rotatable bonds is 6. The fourth-order valence-corrected chi connectivity index (χ4v) is 5.04. The van der Waals surface area contributed by atoms with Crippen LogP contribution in [0, 0.1) is 0 Å². The summed E-state index contributed by atoms with van der Waals surface area (Å²) < 4.78 is 4.46. The number of hydrogen-bond acceptors (Lipinski definition) is 4. The highest BCUT2D eigenvalue weighted by Crippen LogP contribution is 2.26. The van der Waals surface area contributed by atoms with Gasteiger partial charge in [-0.1, -0.05) is 23.9 Å². The van der Waals surface area contributed by atoms with Crippen LogP contribution in [0.4, 0.5) is 5.69 Å². The first kappa shape index (κ1) is 19.9. The van der Waals surface area contributed by atoms with Crippen LogP contribution in [0.3, 0.4) is 0 Å². The van der Waals surface area contributed by atoms with Crippen molar-refractivity contribution in [3.63, 3.8) is 0 Å².